The quantitative estimate of drug-likeness (QED) is 0.329. The minimum atomic E-state index is 0.710. The van der Waals surface area contributed by atoms with E-state index in [2.05, 4.69) is 12.1 Å². The fourth-order valence-electron chi connectivity index (χ4n) is 2.97. The lowest BCUT2D eigenvalue weighted by molar-refractivity contribution is 1.73. The fraction of sp³-hybridized carbons (Fsp3) is 0. The molecule has 92 valence electrons. The molecule has 0 saturated carbocycles. The van der Waals surface area contributed by atoms with Gasteiger partial charge in [0.2, 0.25) is 0 Å². The Morgan fingerprint density at radius 3 is 1.74 bits per heavy atom. The summed E-state index contributed by atoms with van der Waals surface area (Å²) in [7, 11) is 0. The van der Waals surface area contributed by atoms with Crippen LogP contribution in [0.25, 0.3) is 32.3 Å². The predicted molar refractivity (Wildman–Crippen MR) is 83.4 cm³/mol. The average molecular weight is 247 g/mol. The molecule has 3 heteroatoms. The molecule has 3 nitrogen and oxygen atoms in total. The molecule has 4 aromatic rings. The molecule has 4 aromatic carbocycles. The Balaban J connectivity index is 2.47. The predicted octanol–water partition coefficient (Wildman–Crippen LogP) is 3.33. The van der Waals surface area contributed by atoms with Crippen LogP contribution in [0.15, 0.2) is 42.5 Å². The monoisotopic (exact) mass is 247 g/mol. The molecule has 0 spiro atoms. The van der Waals surface area contributed by atoms with E-state index in [1.165, 1.54) is 0 Å². The van der Waals surface area contributed by atoms with Crippen LogP contribution in [-0.4, -0.2) is 0 Å². The lowest BCUT2D eigenvalue weighted by Crippen LogP contribution is -1.96. The molecular formula is C16H13N3. The van der Waals surface area contributed by atoms with Crippen molar-refractivity contribution in [2.75, 3.05) is 17.2 Å². The number of hydrogen-bond donors (Lipinski definition) is 3. The zero-order valence-electron chi connectivity index (χ0n) is 10.3. The van der Waals surface area contributed by atoms with Gasteiger partial charge >= 0.3 is 0 Å². The summed E-state index contributed by atoms with van der Waals surface area (Å²) in [6, 6.07) is 14.0. The van der Waals surface area contributed by atoms with Crippen molar-refractivity contribution in [3.8, 4) is 0 Å². The zero-order valence-corrected chi connectivity index (χ0v) is 10.3. The molecule has 19 heavy (non-hydrogen) atoms. The summed E-state index contributed by atoms with van der Waals surface area (Å²) in [6.45, 7) is 0. The summed E-state index contributed by atoms with van der Waals surface area (Å²) >= 11 is 0. The van der Waals surface area contributed by atoms with Crippen molar-refractivity contribution in [1.29, 1.82) is 0 Å². The first-order valence-corrected chi connectivity index (χ1v) is 6.18. The van der Waals surface area contributed by atoms with Gasteiger partial charge in [0.25, 0.3) is 0 Å². The molecule has 0 amide bonds. The van der Waals surface area contributed by atoms with E-state index in [0.717, 1.165) is 38.0 Å². The summed E-state index contributed by atoms with van der Waals surface area (Å²) in [5.41, 5.74) is 20.5. The number of benzene rings is 4. The van der Waals surface area contributed by atoms with Gasteiger partial charge in [0, 0.05) is 38.6 Å². The van der Waals surface area contributed by atoms with E-state index >= 15 is 0 Å². The van der Waals surface area contributed by atoms with Gasteiger partial charge in [-0.05, 0) is 22.9 Å². The Kier molecular flexibility index (Phi) is 1.73. The molecule has 4 rings (SSSR count). The second-order valence-corrected chi connectivity index (χ2v) is 4.96. The third-order valence-electron chi connectivity index (χ3n) is 3.88. The molecule has 0 aliphatic heterocycles. The van der Waals surface area contributed by atoms with Crippen molar-refractivity contribution < 1.29 is 0 Å². The SMILES string of the molecule is Nc1ccc2ccc3c(N)cc(N)c4ccc1c2c34. The van der Waals surface area contributed by atoms with E-state index < -0.39 is 0 Å². The van der Waals surface area contributed by atoms with Gasteiger partial charge in [0.1, 0.15) is 0 Å². The summed E-state index contributed by atoms with van der Waals surface area (Å²) < 4.78 is 0. The van der Waals surface area contributed by atoms with Gasteiger partial charge in [-0.25, -0.2) is 0 Å². The first-order valence-electron chi connectivity index (χ1n) is 6.18. The third kappa shape index (κ3) is 1.16. The fourth-order valence-corrected chi connectivity index (χ4v) is 2.97. The van der Waals surface area contributed by atoms with Crippen molar-refractivity contribution >= 4 is 49.4 Å². The molecule has 0 radical (unpaired) electrons. The zero-order chi connectivity index (χ0) is 13.1. The highest BCUT2D eigenvalue weighted by atomic mass is 14.6. The van der Waals surface area contributed by atoms with Gasteiger partial charge in [-0.15, -0.1) is 0 Å². The van der Waals surface area contributed by atoms with E-state index in [4.69, 9.17) is 17.2 Å². The van der Waals surface area contributed by atoms with Gasteiger partial charge < -0.3 is 17.2 Å². The second kappa shape index (κ2) is 3.20. The van der Waals surface area contributed by atoms with Crippen molar-refractivity contribution in [2.24, 2.45) is 0 Å². The molecule has 0 heterocycles. The van der Waals surface area contributed by atoms with E-state index in [1.807, 2.05) is 30.3 Å². The van der Waals surface area contributed by atoms with Crippen LogP contribution in [0.1, 0.15) is 0 Å². The standard InChI is InChI=1S/C16H13N3/c17-12-6-2-8-1-3-10-13(18)7-14(19)11-5-4-9(12)15(8)16(10)11/h1-7H,17-19H2. The molecule has 0 aliphatic rings. The number of nitrogens with two attached hydrogens (primary N) is 3. The highest BCUT2D eigenvalue weighted by Gasteiger charge is 2.13. The van der Waals surface area contributed by atoms with Crippen LogP contribution < -0.4 is 17.2 Å². The number of anilines is 3. The van der Waals surface area contributed by atoms with Crippen LogP contribution in [0.3, 0.4) is 0 Å². The summed E-state index contributed by atoms with van der Waals surface area (Å²) in [6.07, 6.45) is 0. The molecule has 0 aliphatic carbocycles. The summed E-state index contributed by atoms with van der Waals surface area (Å²) in [5, 5.41) is 6.54. The largest absolute Gasteiger partial charge is 0.398 e. The summed E-state index contributed by atoms with van der Waals surface area (Å²) in [4.78, 5) is 0. The molecule has 0 saturated heterocycles. The molecule has 0 bridgehead atoms. The minimum absolute atomic E-state index is 0.710. The maximum Gasteiger partial charge on any atom is 0.0415 e. The highest BCUT2D eigenvalue weighted by Crippen LogP contribution is 2.40. The first-order chi connectivity index (χ1) is 9.16. The normalized spacial score (nSPS) is 11.8. The lowest BCUT2D eigenvalue weighted by Gasteiger charge is -2.14. The van der Waals surface area contributed by atoms with Crippen LogP contribution >= 0.6 is 0 Å². The Morgan fingerprint density at radius 2 is 1.05 bits per heavy atom. The van der Waals surface area contributed by atoms with Gasteiger partial charge in [-0.2, -0.15) is 0 Å². The lowest BCUT2D eigenvalue weighted by atomic mass is 9.92. The Bertz CT molecular complexity index is 919. The van der Waals surface area contributed by atoms with Crippen LogP contribution in [0.4, 0.5) is 17.1 Å². The van der Waals surface area contributed by atoms with Crippen LogP contribution in [0.5, 0.6) is 0 Å². The number of nitrogen functional groups attached to an aromatic ring is 3. The topological polar surface area (TPSA) is 78.1 Å². The van der Waals surface area contributed by atoms with Crippen molar-refractivity contribution in [1.82, 2.24) is 0 Å². The van der Waals surface area contributed by atoms with Crippen LogP contribution in [0, 0.1) is 0 Å². The highest BCUT2D eigenvalue weighted by molar-refractivity contribution is 6.28. The second-order valence-electron chi connectivity index (χ2n) is 4.96. The molecule has 0 unspecified atom stereocenters. The molecule has 0 atom stereocenters. The maximum atomic E-state index is 6.09. The van der Waals surface area contributed by atoms with E-state index in [-0.39, 0.29) is 0 Å². The van der Waals surface area contributed by atoms with Gasteiger partial charge in [0.15, 0.2) is 0 Å². The van der Waals surface area contributed by atoms with Gasteiger partial charge in [-0.1, -0.05) is 30.3 Å². The molecule has 6 N–H and O–H groups in total. The maximum absolute atomic E-state index is 6.09. The Labute approximate surface area is 109 Å². The van der Waals surface area contributed by atoms with E-state index in [1.54, 1.807) is 0 Å². The van der Waals surface area contributed by atoms with Crippen LogP contribution in [-0.2, 0) is 0 Å². The Hall–Kier alpha value is -2.68. The van der Waals surface area contributed by atoms with E-state index in [0.29, 0.717) is 11.4 Å². The Morgan fingerprint density at radius 1 is 0.526 bits per heavy atom. The molecule has 0 fully saturated rings. The van der Waals surface area contributed by atoms with Crippen molar-refractivity contribution in [2.45, 2.75) is 0 Å². The summed E-state index contributed by atoms with van der Waals surface area (Å²) in [5.74, 6) is 0. The number of hydrogen-bond acceptors (Lipinski definition) is 3. The number of rotatable bonds is 0. The van der Waals surface area contributed by atoms with Gasteiger partial charge in [-0.3, -0.25) is 0 Å². The molecule has 0 aromatic heterocycles. The minimum Gasteiger partial charge on any atom is -0.398 e. The first kappa shape index (κ1) is 10.3. The van der Waals surface area contributed by atoms with Crippen LogP contribution in [0.2, 0.25) is 0 Å². The smallest absolute Gasteiger partial charge is 0.0415 e. The van der Waals surface area contributed by atoms with Crippen molar-refractivity contribution in [3.63, 3.8) is 0 Å². The van der Waals surface area contributed by atoms with E-state index in [9.17, 15) is 0 Å². The average Bonchev–Trinajstić information content (AvgIpc) is 2.41. The molecular weight excluding hydrogens is 234 g/mol. The van der Waals surface area contributed by atoms with Crippen molar-refractivity contribution in [3.05, 3.63) is 42.5 Å². The third-order valence-corrected chi connectivity index (χ3v) is 3.88. The van der Waals surface area contributed by atoms with Gasteiger partial charge in [0.05, 0.1) is 0 Å².